The molecule has 0 aromatic rings. The maximum atomic E-state index is 11.2. The standard InChI is InChI=1S/C10H19NO6/c1-3-17-4-6(13)9(15)10(16)7(11)8(14)5(2)12/h6-7,9-10,13,15-16H,3-4,11H2,1-2H3/t6-,7+,9-,10-/m1/s1. The van der Waals surface area contributed by atoms with Crippen molar-refractivity contribution in [2.24, 2.45) is 5.73 Å². The van der Waals surface area contributed by atoms with Gasteiger partial charge in [0.2, 0.25) is 5.78 Å². The SMILES string of the molecule is CCOC[C@@H](O)[C@@H](O)[C@H](O)[C@@H](N)C(=O)C(C)=O. The van der Waals surface area contributed by atoms with E-state index >= 15 is 0 Å². The lowest BCUT2D eigenvalue weighted by molar-refractivity contribution is -0.141. The normalized spacial score (nSPS) is 18.2. The van der Waals surface area contributed by atoms with Gasteiger partial charge in [0.25, 0.3) is 0 Å². The van der Waals surface area contributed by atoms with Crippen LogP contribution in [0.5, 0.6) is 0 Å². The van der Waals surface area contributed by atoms with Crippen molar-refractivity contribution in [2.75, 3.05) is 13.2 Å². The van der Waals surface area contributed by atoms with E-state index in [1.54, 1.807) is 6.92 Å². The van der Waals surface area contributed by atoms with Crippen LogP contribution < -0.4 is 5.73 Å². The topological polar surface area (TPSA) is 130 Å². The van der Waals surface area contributed by atoms with Crippen molar-refractivity contribution in [2.45, 2.75) is 38.2 Å². The molecule has 17 heavy (non-hydrogen) atoms. The number of hydrogen-bond donors (Lipinski definition) is 4. The van der Waals surface area contributed by atoms with Gasteiger partial charge in [-0.15, -0.1) is 0 Å². The number of aliphatic hydroxyl groups is 3. The molecule has 0 aliphatic carbocycles. The Balaban J connectivity index is 4.42. The third kappa shape index (κ3) is 4.88. The fourth-order valence-corrected chi connectivity index (χ4v) is 1.17. The Morgan fingerprint density at radius 1 is 1.24 bits per heavy atom. The molecule has 0 bridgehead atoms. The van der Waals surface area contributed by atoms with Crippen molar-refractivity contribution >= 4 is 11.6 Å². The van der Waals surface area contributed by atoms with Gasteiger partial charge in [0, 0.05) is 13.5 Å². The van der Waals surface area contributed by atoms with Crippen LogP contribution in [0.15, 0.2) is 0 Å². The Kier molecular flexibility index (Phi) is 7.09. The summed E-state index contributed by atoms with van der Waals surface area (Å²) in [4.78, 5) is 21.9. The number of carbonyl (C=O) groups excluding carboxylic acids is 2. The molecule has 0 aliphatic heterocycles. The first-order valence-electron chi connectivity index (χ1n) is 5.25. The molecule has 0 rings (SSSR count). The third-order valence-electron chi connectivity index (χ3n) is 2.25. The lowest BCUT2D eigenvalue weighted by atomic mass is 9.97. The second kappa shape index (κ2) is 7.46. The number of Topliss-reactive ketones (excluding diaryl/α,β-unsaturated/α-hetero) is 2. The van der Waals surface area contributed by atoms with Crippen LogP contribution in [0.25, 0.3) is 0 Å². The van der Waals surface area contributed by atoms with Crippen LogP contribution >= 0.6 is 0 Å². The zero-order chi connectivity index (χ0) is 13.6. The zero-order valence-electron chi connectivity index (χ0n) is 9.87. The summed E-state index contributed by atoms with van der Waals surface area (Å²) in [5.41, 5.74) is 5.30. The molecule has 0 fully saturated rings. The first-order valence-corrected chi connectivity index (χ1v) is 5.25. The summed E-state index contributed by atoms with van der Waals surface area (Å²) < 4.78 is 4.84. The summed E-state index contributed by atoms with van der Waals surface area (Å²) in [6.07, 6.45) is -4.75. The summed E-state index contributed by atoms with van der Waals surface area (Å²) in [5, 5.41) is 28.4. The van der Waals surface area contributed by atoms with Gasteiger partial charge in [0.1, 0.15) is 24.4 Å². The van der Waals surface area contributed by atoms with Gasteiger partial charge in [-0.1, -0.05) is 0 Å². The second-order valence-corrected chi connectivity index (χ2v) is 3.65. The first-order chi connectivity index (χ1) is 7.82. The summed E-state index contributed by atoms with van der Waals surface area (Å²) in [6, 6.07) is -1.56. The molecule has 5 N–H and O–H groups in total. The molecule has 0 aliphatic rings. The van der Waals surface area contributed by atoms with Crippen molar-refractivity contribution in [1.82, 2.24) is 0 Å². The molecule has 7 heteroatoms. The number of hydrogen-bond acceptors (Lipinski definition) is 7. The van der Waals surface area contributed by atoms with Gasteiger partial charge >= 0.3 is 0 Å². The molecule has 4 atom stereocenters. The number of ketones is 2. The Labute approximate surface area is 99.2 Å². The quantitative estimate of drug-likeness (QED) is 0.352. The van der Waals surface area contributed by atoms with Crippen LogP contribution in [0, 0.1) is 0 Å². The van der Waals surface area contributed by atoms with Crippen LogP contribution in [0.3, 0.4) is 0 Å². The van der Waals surface area contributed by atoms with Gasteiger partial charge < -0.3 is 25.8 Å². The highest BCUT2D eigenvalue weighted by Crippen LogP contribution is 2.05. The van der Waals surface area contributed by atoms with Crippen molar-refractivity contribution < 1.29 is 29.6 Å². The van der Waals surface area contributed by atoms with E-state index in [0.717, 1.165) is 6.92 Å². The van der Waals surface area contributed by atoms with Gasteiger partial charge in [-0.25, -0.2) is 0 Å². The molecule has 0 saturated heterocycles. The monoisotopic (exact) mass is 249 g/mol. The van der Waals surface area contributed by atoms with E-state index in [2.05, 4.69) is 0 Å². The molecular weight excluding hydrogens is 230 g/mol. The van der Waals surface area contributed by atoms with Crippen molar-refractivity contribution in [3.05, 3.63) is 0 Å². The molecule has 7 nitrogen and oxygen atoms in total. The first kappa shape index (κ1) is 16.1. The molecule has 0 amide bonds. The second-order valence-electron chi connectivity index (χ2n) is 3.65. The number of aliphatic hydroxyl groups excluding tert-OH is 3. The zero-order valence-corrected chi connectivity index (χ0v) is 9.87. The van der Waals surface area contributed by atoms with Crippen molar-refractivity contribution in [1.29, 1.82) is 0 Å². The number of ether oxygens (including phenoxy) is 1. The molecule has 0 saturated carbocycles. The summed E-state index contributed by atoms with van der Waals surface area (Å²) in [7, 11) is 0. The van der Waals surface area contributed by atoms with E-state index < -0.39 is 35.9 Å². The van der Waals surface area contributed by atoms with Gasteiger partial charge in [0.05, 0.1) is 6.61 Å². The fraction of sp³-hybridized carbons (Fsp3) is 0.800. The Hall–Kier alpha value is -0.860. The van der Waals surface area contributed by atoms with E-state index in [4.69, 9.17) is 10.5 Å². The highest BCUT2D eigenvalue weighted by atomic mass is 16.5. The van der Waals surface area contributed by atoms with Gasteiger partial charge in [0.15, 0.2) is 5.78 Å². The molecule has 100 valence electrons. The number of nitrogens with two attached hydrogens (primary N) is 1. The van der Waals surface area contributed by atoms with Crippen molar-refractivity contribution in [3.8, 4) is 0 Å². The van der Waals surface area contributed by atoms with E-state index in [1.165, 1.54) is 0 Å². The van der Waals surface area contributed by atoms with Gasteiger partial charge in [-0.05, 0) is 6.92 Å². The predicted octanol–water partition coefficient (Wildman–Crippen LogP) is -2.41. The average Bonchev–Trinajstić information content (AvgIpc) is 2.31. The third-order valence-corrected chi connectivity index (χ3v) is 2.25. The minimum absolute atomic E-state index is 0.199. The molecular formula is C10H19NO6. The average molecular weight is 249 g/mol. The summed E-state index contributed by atoms with van der Waals surface area (Å²) >= 11 is 0. The minimum atomic E-state index is -1.72. The highest BCUT2D eigenvalue weighted by molar-refractivity contribution is 6.38. The van der Waals surface area contributed by atoms with E-state index in [-0.39, 0.29) is 6.61 Å². The van der Waals surface area contributed by atoms with E-state index in [0.29, 0.717) is 6.61 Å². The fourth-order valence-electron chi connectivity index (χ4n) is 1.17. The van der Waals surface area contributed by atoms with Crippen LogP contribution in [-0.2, 0) is 14.3 Å². The minimum Gasteiger partial charge on any atom is -0.388 e. The summed E-state index contributed by atoms with van der Waals surface area (Å²) in [5.74, 6) is -1.82. The molecule has 0 aromatic heterocycles. The van der Waals surface area contributed by atoms with E-state index in [1.807, 2.05) is 0 Å². The molecule has 0 unspecified atom stereocenters. The maximum absolute atomic E-state index is 11.2. The van der Waals surface area contributed by atoms with Crippen LogP contribution in [0.2, 0.25) is 0 Å². The highest BCUT2D eigenvalue weighted by Gasteiger charge is 2.34. The van der Waals surface area contributed by atoms with Crippen LogP contribution in [0.1, 0.15) is 13.8 Å². The Bertz CT molecular complexity index is 270. The number of rotatable bonds is 8. The lowest BCUT2D eigenvalue weighted by Gasteiger charge is -2.25. The van der Waals surface area contributed by atoms with Crippen LogP contribution in [-0.4, -0.2) is 64.5 Å². The molecule has 0 heterocycles. The predicted molar refractivity (Wildman–Crippen MR) is 58.2 cm³/mol. The van der Waals surface area contributed by atoms with Gasteiger partial charge in [-0.2, -0.15) is 0 Å². The largest absolute Gasteiger partial charge is 0.388 e. The van der Waals surface area contributed by atoms with Gasteiger partial charge in [-0.3, -0.25) is 9.59 Å². The van der Waals surface area contributed by atoms with Crippen molar-refractivity contribution in [3.63, 3.8) is 0 Å². The summed E-state index contributed by atoms with van der Waals surface area (Å²) in [6.45, 7) is 2.84. The maximum Gasteiger partial charge on any atom is 0.217 e. The van der Waals surface area contributed by atoms with E-state index in [9.17, 15) is 24.9 Å². The molecule has 0 aromatic carbocycles. The van der Waals surface area contributed by atoms with Crippen LogP contribution in [0.4, 0.5) is 0 Å². The molecule has 0 radical (unpaired) electrons. The molecule has 0 spiro atoms. The Morgan fingerprint density at radius 3 is 2.18 bits per heavy atom. The Morgan fingerprint density at radius 2 is 1.76 bits per heavy atom. The smallest absolute Gasteiger partial charge is 0.217 e. The number of carbonyl (C=O) groups is 2. The lowest BCUT2D eigenvalue weighted by Crippen LogP contribution is -2.54.